The molecule has 0 radical (unpaired) electrons. The Morgan fingerprint density at radius 1 is 0.971 bits per heavy atom. The minimum Gasteiger partial charge on any atom is -0.508 e. The molecule has 8 N–H and O–H groups in total. The van der Waals surface area contributed by atoms with Gasteiger partial charge in [0.1, 0.15) is 17.8 Å². The number of rotatable bonds is 12. The van der Waals surface area contributed by atoms with E-state index in [9.17, 15) is 29.4 Å². The number of aromatic hydroxyl groups is 1. The van der Waals surface area contributed by atoms with E-state index in [4.69, 9.17) is 5.73 Å². The molecule has 2 aromatic rings. The number of imidazole rings is 1. The van der Waals surface area contributed by atoms with Crippen molar-refractivity contribution >= 4 is 23.5 Å². The Kier molecular flexibility index (Phi) is 9.71. The average Bonchev–Trinajstić information content (AvgIpc) is 3.30. The van der Waals surface area contributed by atoms with E-state index in [2.05, 4.69) is 25.9 Å². The van der Waals surface area contributed by atoms with Crippen molar-refractivity contribution in [3.05, 3.63) is 48.0 Å². The Bertz CT molecular complexity index is 976. The van der Waals surface area contributed by atoms with Gasteiger partial charge >= 0.3 is 0 Å². The molecule has 12 heteroatoms. The van der Waals surface area contributed by atoms with E-state index in [0.717, 1.165) is 0 Å². The third-order valence-electron chi connectivity index (χ3n) is 5.02. The van der Waals surface area contributed by atoms with Gasteiger partial charge in [0.25, 0.3) is 0 Å². The van der Waals surface area contributed by atoms with Crippen molar-refractivity contribution in [1.29, 1.82) is 0 Å². The maximum atomic E-state index is 13.1. The van der Waals surface area contributed by atoms with Gasteiger partial charge in [-0.3, -0.25) is 19.2 Å². The van der Waals surface area contributed by atoms with Crippen molar-refractivity contribution in [1.82, 2.24) is 25.9 Å². The zero-order chi connectivity index (χ0) is 25.3. The zero-order valence-corrected chi connectivity index (χ0v) is 18.9. The quantitative estimate of drug-likeness (QED) is 0.188. The van der Waals surface area contributed by atoms with Crippen molar-refractivity contribution < 1.29 is 29.4 Å². The van der Waals surface area contributed by atoms with Crippen molar-refractivity contribution in [2.24, 2.45) is 5.73 Å². The van der Waals surface area contributed by atoms with Crippen LogP contribution in [0.5, 0.6) is 5.75 Å². The largest absolute Gasteiger partial charge is 0.508 e. The fourth-order valence-corrected chi connectivity index (χ4v) is 3.03. The topological polar surface area (TPSA) is 200 Å². The molecule has 1 aromatic heterocycles. The summed E-state index contributed by atoms with van der Waals surface area (Å²) in [5.74, 6) is -2.31. The number of aliphatic hydroxyl groups excluding tert-OH is 1. The number of phenols is 1. The van der Waals surface area contributed by atoms with Crippen LogP contribution in [0.3, 0.4) is 0 Å². The summed E-state index contributed by atoms with van der Waals surface area (Å²) in [6.45, 7) is 2.05. The molecule has 0 aliphatic carbocycles. The molecule has 0 aliphatic heterocycles. The average molecular weight is 475 g/mol. The van der Waals surface area contributed by atoms with Crippen LogP contribution in [0.15, 0.2) is 36.8 Å². The SMILES string of the molecule is CC(=O)[C@H](Cc1ccc(O)cc1)NC(=O)[C@H](Cc1cnc[nH]1)NC(=O)[C@H](CO)NC(=O)[C@H](C)N. The molecule has 12 nitrogen and oxygen atoms in total. The van der Waals surface area contributed by atoms with Crippen molar-refractivity contribution in [3.8, 4) is 5.75 Å². The molecule has 0 saturated carbocycles. The van der Waals surface area contributed by atoms with E-state index < -0.39 is 48.5 Å². The standard InChI is InChI=1S/C22H30N6O6/c1-12(23)20(32)28-19(10-29)22(34)27-18(8-15-9-24-11-25-15)21(33)26-17(13(2)30)7-14-3-5-16(31)6-4-14/h3-6,9,11-12,17-19,29,31H,7-8,10,23H2,1-2H3,(H,24,25)(H,26,33)(H,27,34)(H,28,32)/t12-,17-,18-,19-/m0/s1. The van der Waals surface area contributed by atoms with Crippen LogP contribution in [0.1, 0.15) is 25.1 Å². The lowest BCUT2D eigenvalue weighted by Gasteiger charge is -2.24. The van der Waals surface area contributed by atoms with Crippen LogP contribution in [0.25, 0.3) is 0 Å². The summed E-state index contributed by atoms with van der Waals surface area (Å²) < 4.78 is 0. The van der Waals surface area contributed by atoms with Crippen LogP contribution in [0.2, 0.25) is 0 Å². The summed E-state index contributed by atoms with van der Waals surface area (Å²) >= 11 is 0. The Labute approximate surface area is 196 Å². The highest BCUT2D eigenvalue weighted by atomic mass is 16.3. The number of hydrogen-bond acceptors (Lipinski definition) is 8. The van der Waals surface area contributed by atoms with Gasteiger partial charge in [-0.25, -0.2) is 4.98 Å². The lowest BCUT2D eigenvalue weighted by molar-refractivity contribution is -0.134. The number of nitrogens with one attached hydrogen (secondary N) is 4. The summed E-state index contributed by atoms with van der Waals surface area (Å²) in [6.07, 6.45) is 3.08. The van der Waals surface area contributed by atoms with Crippen LogP contribution in [0, 0.1) is 0 Å². The van der Waals surface area contributed by atoms with Crippen molar-refractivity contribution in [2.75, 3.05) is 6.61 Å². The Balaban J connectivity index is 2.16. The number of aliphatic hydroxyl groups is 1. The number of carbonyl (C=O) groups is 4. The molecule has 4 atom stereocenters. The molecule has 184 valence electrons. The van der Waals surface area contributed by atoms with Gasteiger partial charge in [-0.2, -0.15) is 0 Å². The van der Waals surface area contributed by atoms with E-state index in [1.54, 1.807) is 12.1 Å². The maximum Gasteiger partial charge on any atom is 0.245 e. The number of aromatic amines is 1. The molecule has 0 saturated heterocycles. The highest BCUT2D eigenvalue weighted by Crippen LogP contribution is 2.12. The lowest BCUT2D eigenvalue weighted by atomic mass is 10.0. The van der Waals surface area contributed by atoms with E-state index >= 15 is 0 Å². The van der Waals surface area contributed by atoms with Crippen molar-refractivity contribution in [3.63, 3.8) is 0 Å². The molecule has 0 aliphatic rings. The highest BCUT2D eigenvalue weighted by Gasteiger charge is 2.29. The fraction of sp³-hybridized carbons (Fsp3) is 0.409. The first-order chi connectivity index (χ1) is 16.1. The van der Waals surface area contributed by atoms with Gasteiger partial charge < -0.3 is 36.9 Å². The predicted octanol–water partition coefficient (Wildman–Crippen LogP) is -1.72. The van der Waals surface area contributed by atoms with Crippen LogP contribution >= 0.6 is 0 Å². The summed E-state index contributed by atoms with van der Waals surface area (Å²) in [4.78, 5) is 56.5. The summed E-state index contributed by atoms with van der Waals surface area (Å²) in [7, 11) is 0. The Hall–Kier alpha value is -3.77. The molecular weight excluding hydrogens is 444 g/mol. The zero-order valence-electron chi connectivity index (χ0n) is 18.9. The van der Waals surface area contributed by atoms with Gasteiger partial charge in [0.2, 0.25) is 17.7 Å². The van der Waals surface area contributed by atoms with Crippen LogP contribution in [-0.4, -0.2) is 74.5 Å². The number of nitrogens with zero attached hydrogens (tertiary/aromatic N) is 1. The van der Waals surface area contributed by atoms with Gasteiger partial charge in [0, 0.05) is 18.3 Å². The van der Waals surface area contributed by atoms with E-state index in [-0.39, 0.29) is 24.4 Å². The fourth-order valence-electron chi connectivity index (χ4n) is 3.03. The Morgan fingerprint density at radius 3 is 2.09 bits per heavy atom. The second kappa shape index (κ2) is 12.5. The molecular formula is C22H30N6O6. The number of nitrogens with two attached hydrogens (primary N) is 1. The molecule has 34 heavy (non-hydrogen) atoms. The van der Waals surface area contributed by atoms with Crippen LogP contribution in [0.4, 0.5) is 0 Å². The van der Waals surface area contributed by atoms with E-state index in [1.165, 1.54) is 38.5 Å². The smallest absolute Gasteiger partial charge is 0.245 e. The summed E-state index contributed by atoms with van der Waals surface area (Å²) in [6, 6.07) is 1.96. The van der Waals surface area contributed by atoms with Gasteiger partial charge in [0.05, 0.1) is 25.0 Å². The number of ketones is 1. The van der Waals surface area contributed by atoms with Gasteiger partial charge in [-0.15, -0.1) is 0 Å². The number of carbonyl (C=O) groups excluding carboxylic acids is 4. The minimum atomic E-state index is -1.32. The second-order valence-electron chi connectivity index (χ2n) is 7.92. The molecule has 1 heterocycles. The first kappa shape index (κ1) is 26.5. The van der Waals surface area contributed by atoms with Gasteiger partial charge in [-0.05, 0) is 38.0 Å². The minimum absolute atomic E-state index is 0.0147. The molecule has 2 rings (SSSR count). The number of aromatic nitrogens is 2. The third-order valence-corrected chi connectivity index (χ3v) is 5.02. The Morgan fingerprint density at radius 2 is 1.56 bits per heavy atom. The molecule has 3 amide bonds. The second-order valence-corrected chi connectivity index (χ2v) is 7.92. The number of Topliss-reactive ketones (excluding diaryl/α,β-unsaturated/α-hetero) is 1. The maximum absolute atomic E-state index is 13.1. The van der Waals surface area contributed by atoms with Crippen LogP contribution < -0.4 is 21.7 Å². The first-order valence-corrected chi connectivity index (χ1v) is 10.6. The number of phenolic OH excluding ortho intramolecular Hbond substituents is 1. The highest BCUT2D eigenvalue weighted by molar-refractivity contribution is 5.94. The molecule has 0 spiro atoms. The third kappa shape index (κ3) is 7.98. The van der Waals surface area contributed by atoms with E-state index in [0.29, 0.717) is 11.3 Å². The normalized spacial score (nSPS) is 14.4. The van der Waals surface area contributed by atoms with Gasteiger partial charge in [-0.1, -0.05) is 12.1 Å². The van der Waals surface area contributed by atoms with E-state index in [1.807, 2.05) is 0 Å². The molecule has 1 aromatic carbocycles. The monoisotopic (exact) mass is 474 g/mol. The predicted molar refractivity (Wildman–Crippen MR) is 121 cm³/mol. The summed E-state index contributed by atoms with van der Waals surface area (Å²) in [5.41, 5.74) is 6.74. The van der Waals surface area contributed by atoms with Gasteiger partial charge in [0.15, 0.2) is 5.78 Å². The molecule has 0 unspecified atom stereocenters. The first-order valence-electron chi connectivity index (χ1n) is 10.6. The number of amides is 3. The molecule has 0 fully saturated rings. The van der Waals surface area contributed by atoms with Crippen molar-refractivity contribution in [2.45, 2.75) is 50.9 Å². The summed E-state index contributed by atoms with van der Waals surface area (Å²) in [5, 5.41) is 26.4. The number of H-pyrrole nitrogens is 1. The molecule has 0 bridgehead atoms. The lowest BCUT2D eigenvalue weighted by Crippen LogP contribution is -2.58. The number of hydrogen-bond donors (Lipinski definition) is 7. The van der Waals surface area contributed by atoms with Crippen LogP contribution in [-0.2, 0) is 32.0 Å². The number of benzene rings is 1.